The number of rotatable bonds is 9. The Bertz CT molecular complexity index is 1470. The number of aliphatic hydroxyl groups is 2. The van der Waals surface area contributed by atoms with Crippen LogP contribution in [0.1, 0.15) is 31.9 Å². The monoisotopic (exact) mass is 524 g/mol. The molecule has 1 aromatic carbocycles. The fourth-order valence-electron chi connectivity index (χ4n) is 4.53. The maximum Gasteiger partial charge on any atom is 0.224 e. The van der Waals surface area contributed by atoms with Crippen LogP contribution in [-0.2, 0) is 14.3 Å². The molecule has 14 heteroatoms. The molecule has 200 valence electrons. The minimum atomic E-state index is -1.27. The van der Waals surface area contributed by atoms with Gasteiger partial charge in [-0.25, -0.2) is 15.0 Å². The van der Waals surface area contributed by atoms with Crippen LogP contribution < -0.4 is 16.4 Å². The molecule has 0 bridgehead atoms. The first-order valence-electron chi connectivity index (χ1n) is 12.1. The van der Waals surface area contributed by atoms with Crippen molar-refractivity contribution < 1.29 is 29.6 Å². The average molecular weight is 525 g/mol. The summed E-state index contributed by atoms with van der Waals surface area (Å²) in [6.45, 7) is -0.00862. The fourth-order valence-corrected chi connectivity index (χ4v) is 4.53. The predicted molar refractivity (Wildman–Crippen MR) is 136 cm³/mol. The summed E-state index contributed by atoms with van der Waals surface area (Å²) >= 11 is 0. The predicted octanol–water partition coefficient (Wildman–Crippen LogP) is 0.530. The Morgan fingerprint density at radius 3 is 2.68 bits per heavy atom. The zero-order valence-corrected chi connectivity index (χ0v) is 20.2. The average Bonchev–Trinajstić information content (AvgIpc) is 3.58. The summed E-state index contributed by atoms with van der Waals surface area (Å²) < 4.78 is 7.28. The van der Waals surface area contributed by atoms with Gasteiger partial charge in [-0.3, -0.25) is 14.2 Å². The van der Waals surface area contributed by atoms with Crippen molar-refractivity contribution in [1.29, 1.82) is 0 Å². The molecule has 2 amide bonds. The van der Waals surface area contributed by atoms with Crippen LogP contribution in [0.5, 0.6) is 5.88 Å². The third kappa shape index (κ3) is 4.96. The Labute approximate surface area is 215 Å². The molecule has 0 saturated carbocycles. The summed E-state index contributed by atoms with van der Waals surface area (Å²) in [7, 11) is 0. The number of H-pyrrole nitrogens is 1. The molecule has 4 unspecified atom stereocenters. The van der Waals surface area contributed by atoms with Gasteiger partial charge in [0.2, 0.25) is 11.8 Å². The highest BCUT2D eigenvalue weighted by Crippen LogP contribution is 2.32. The van der Waals surface area contributed by atoms with Gasteiger partial charge in [-0.15, -0.1) is 0 Å². The highest BCUT2D eigenvalue weighted by molar-refractivity contribution is 6.03. The second-order valence-electron chi connectivity index (χ2n) is 9.09. The number of nitrogen functional groups attached to an aromatic ring is 1. The van der Waals surface area contributed by atoms with Gasteiger partial charge in [-0.05, 0) is 25.0 Å². The van der Waals surface area contributed by atoms with Gasteiger partial charge in [0.25, 0.3) is 0 Å². The number of aromatic hydroxyl groups is 1. The SMILES string of the molecule is Nc1ncnc2c1ncn2C1OC(CNC(=O)CCCCC(=O)Nc2cccc3c(O)[nH]cc23)C(O)C1O. The molecule has 38 heavy (non-hydrogen) atoms. The number of nitrogens with two attached hydrogens (primary N) is 1. The number of benzene rings is 1. The first-order valence-corrected chi connectivity index (χ1v) is 12.1. The summed E-state index contributed by atoms with van der Waals surface area (Å²) in [6, 6.07) is 5.24. The quantitative estimate of drug-likeness (QED) is 0.151. The number of anilines is 2. The fraction of sp³-hybridized carbons (Fsp3) is 0.375. The second-order valence-corrected chi connectivity index (χ2v) is 9.09. The van der Waals surface area contributed by atoms with Gasteiger partial charge in [0.05, 0.1) is 12.0 Å². The number of carbonyl (C=O) groups is 2. The lowest BCUT2D eigenvalue weighted by Gasteiger charge is -2.16. The molecule has 8 N–H and O–H groups in total. The van der Waals surface area contributed by atoms with Crippen LogP contribution in [0.25, 0.3) is 21.9 Å². The van der Waals surface area contributed by atoms with Crippen molar-refractivity contribution >= 4 is 45.3 Å². The van der Waals surface area contributed by atoms with Crippen molar-refractivity contribution in [2.45, 2.75) is 50.2 Å². The van der Waals surface area contributed by atoms with E-state index in [2.05, 4.69) is 30.6 Å². The normalized spacial score (nSPS) is 21.2. The Morgan fingerprint density at radius 1 is 1.08 bits per heavy atom. The van der Waals surface area contributed by atoms with E-state index in [1.807, 2.05) is 0 Å². The topological polar surface area (TPSA) is 214 Å². The van der Waals surface area contributed by atoms with E-state index in [1.165, 1.54) is 17.2 Å². The first-order chi connectivity index (χ1) is 18.3. The lowest BCUT2D eigenvalue weighted by atomic mass is 10.1. The summed E-state index contributed by atoms with van der Waals surface area (Å²) in [5.74, 6) is -0.237. The van der Waals surface area contributed by atoms with Crippen molar-refractivity contribution in [3.05, 3.63) is 37.1 Å². The minimum Gasteiger partial charge on any atom is -0.494 e. The smallest absolute Gasteiger partial charge is 0.224 e. The van der Waals surface area contributed by atoms with Gasteiger partial charge in [-0.2, -0.15) is 0 Å². The number of nitrogens with zero attached hydrogens (tertiary/aromatic N) is 4. The van der Waals surface area contributed by atoms with Gasteiger partial charge in [0.1, 0.15) is 30.2 Å². The first kappa shape index (κ1) is 25.4. The van der Waals surface area contributed by atoms with Gasteiger partial charge in [0, 0.05) is 36.4 Å². The van der Waals surface area contributed by atoms with E-state index in [1.54, 1.807) is 24.4 Å². The molecule has 0 aliphatic carbocycles. The third-order valence-electron chi connectivity index (χ3n) is 6.55. The summed E-state index contributed by atoms with van der Waals surface area (Å²) in [4.78, 5) is 39.5. The number of hydrogen-bond acceptors (Lipinski definition) is 10. The number of carbonyl (C=O) groups excluding carboxylic acids is 2. The zero-order valence-electron chi connectivity index (χ0n) is 20.2. The Kier molecular flexibility index (Phi) is 7.09. The Morgan fingerprint density at radius 2 is 1.87 bits per heavy atom. The number of fused-ring (bicyclic) bond motifs is 2. The number of aromatic amines is 1. The van der Waals surface area contributed by atoms with E-state index >= 15 is 0 Å². The van der Waals surface area contributed by atoms with E-state index in [0.717, 1.165) is 0 Å². The molecule has 0 spiro atoms. The maximum absolute atomic E-state index is 12.3. The largest absolute Gasteiger partial charge is 0.494 e. The van der Waals surface area contributed by atoms with E-state index in [9.17, 15) is 24.9 Å². The lowest BCUT2D eigenvalue weighted by molar-refractivity contribution is -0.122. The number of nitrogens with one attached hydrogen (secondary N) is 3. The number of hydrogen-bond donors (Lipinski definition) is 7. The van der Waals surface area contributed by atoms with Gasteiger partial charge >= 0.3 is 0 Å². The van der Waals surface area contributed by atoms with Gasteiger partial charge < -0.3 is 41.4 Å². The van der Waals surface area contributed by atoms with Crippen LogP contribution in [0.3, 0.4) is 0 Å². The third-order valence-corrected chi connectivity index (χ3v) is 6.55. The Balaban J connectivity index is 1.06. The molecule has 3 aromatic heterocycles. The molecule has 0 radical (unpaired) electrons. The van der Waals surface area contributed by atoms with Crippen LogP contribution in [0, 0.1) is 0 Å². The molecule has 1 fully saturated rings. The van der Waals surface area contributed by atoms with Crippen molar-refractivity contribution in [3.8, 4) is 5.88 Å². The number of ether oxygens (including phenoxy) is 1. The highest BCUT2D eigenvalue weighted by atomic mass is 16.6. The highest BCUT2D eigenvalue weighted by Gasteiger charge is 2.44. The van der Waals surface area contributed by atoms with E-state index in [-0.39, 0.29) is 42.9 Å². The summed E-state index contributed by atoms with van der Waals surface area (Å²) in [6.07, 6.45) is 1.35. The maximum atomic E-state index is 12.3. The molecule has 1 aliphatic heterocycles. The zero-order chi connectivity index (χ0) is 26.8. The number of unbranched alkanes of at least 4 members (excludes halogenated alkanes) is 1. The minimum absolute atomic E-state index is 0.00862. The van der Waals surface area contributed by atoms with Crippen molar-refractivity contribution in [2.24, 2.45) is 0 Å². The van der Waals surface area contributed by atoms with Crippen LogP contribution >= 0.6 is 0 Å². The van der Waals surface area contributed by atoms with Crippen LogP contribution in [-0.4, -0.2) is 76.5 Å². The Hall–Kier alpha value is -4.27. The number of imidazole rings is 1. The molecule has 14 nitrogen and oxygen atoms in total. The van der Waals surface area contributed by atoms with Crippen LogP contribution in [0.2, 0.25) is 0 Å². The van der Waals surface area contributed by atoms with E-state index in [4.69, 9.17) is 10.5 Å². The molecular weight excluding hydrogens is 496 g/mol. The van der Waals surface area contributed by atoms with E-state index < -0.39 is 24.5 Å². The number of aliphatic hydroxyl groups excluding tert-OH is 2. The van der Waals surface area contributed by atoms with Crippen molar-refractivity contribution in [1.82, 2.24) is 29.8 Å². The molecule has 1 aliphatic rings. The summed E-state index contributed by atoms with van der Waals surface area (Å²) in [5, 5.41) is 37.6. The molecule has 1 saturated heterocycles. The molecule has 5 rings (SSSR count). The van der Waals surface area contributed by atoms with Gasteiger partial charge in [0.15, 0.2) is 23.6 Å². The molecular formula is C24H28N8O6. The lowest BCUT2D eigenvalue weighted by Crippen LogP contribution is -2.39. The molecule has 4 heterocycles. The van der Waals surface area contributed by atoms with Crippen molar-refractivity contribution in [3.63, 3.8) is 0 Å². The molecule has 4 aromatic rings. The van der Waals surface area contributed by atoms with Gasteiger partial charge in [-0.1, -0.05) is 6.07 Å². The summed E-state index contributed by atoms with van der Waals surface area (Å²) in [5.41, 5.74) is 7.10. The second kappa shape index (κ2) is 10.6. The number of aromatic nitrogens is 5. The van der Waals surface area contributed by atoms with Crippen LogP contribution in [0.15, 0.2) is 37.1 Å². The van der Waals surface area contributed by atoms with Crippen LogP contribution in [0.4, 0.5) is 11.5 Å². The standard InChI is InChI=1S/C24H28N8O6/c25-21-18-22(29-10-28-21)32(11-30-18)24-20(36)19(35)15(38-24)9-26-16(33)6-1-2-7-17(34)31-14-5-3-4-12-13(14)8-27-23(12)37/h3-5,8,10-11,15,19-20,24,27,35-37H,1-2,6-7,9H2,(H,26,33)(H,31,34)(H2,25,28,29). The number of amides is 2. The molecule has 4 atom stereocenters. The van der Waals surface area contributed by atoms with E-state index in [0.29, 0.717) is 40.5 Å². The van der Waals surface area contributed by atoms with Crippen molar-refractivity contribution in [2.75, 3.05) is 17.6 Å².